The maximum absolute atomic E-state index is 2.12. The van der Waals surface area contributed by atoms with Crippen LogP contribution in [0.2, 0.25) is 0 Å². The van der Waals surface area contributed by atoms with E-state index in [4.69, 9.17) is 0 Å². The van der Waals surface area contributed by atoms with E-state index in [-0.39, 0.29) is 0 Å². The maximum Gasteiger partial charge on any atom is -0.0163 e. The summed E-state index contributed by atoms with van der Waals surface area (Å²) in [5.41, 5.74) is 0. The van der Waals surface area contributed by atoms with E-state index in [0.717, 1.165) is 6.42 Å². The summed E-state index contributed by atoms with van der Waals surface area (Å²) in [6.07, 6.45) is 49.5. The van der Waals surface area contributed by atoms with E-state index >= 15 is 0 Å². The molecule has 0 heteroatoms. The Bertz CT molecular complexity index is 616. The Labute approximate surface area is 152 Å². The lowest BCUT2D eigenvalue weighted by Gasteiger charge is -1.79. The summed E-state index contributed by atoms with van der Waals surface area (Å²) < 4.78 is 0. The van der Waals surface area contributed by atoms with Crippen molar-refractivity contribution in [2.75, 3.05) is 0 Å². The normalized spacial score (nSPS) is 16.3. The lowest BCUT2D eigenvalue weighted by molar-refractivity contribution is 1.39. The van der Waals surface area contributed by atoms with E-state index in [0.29, 0.717) is 0 Å². The van der Waals surface area contributed by atoms with Crippen LogP contribution in [-0.2, 0) is 0 Å². The van der Waals surface area contributed by atoms with Gasteiger partial charge in [-0.25, -0.2) is 0 Å². The van der Waals surface area contributed by atoms with Crippen LogP contribution in [0.25, 0.3) is 0 Å². The van der Waals surface area contributed by atoms with Gasteiger partial charge < -0.3 is 0 Å². The molecule has 0 amide bonds. The topological polar surface area (TPSA) is 0 Å². The molecule has 1 rings (SSSR count). The van der Waals surface area contributed by atoms with Crippen molar-refractivity contribution in [3.63, 3.8) is 0 Å². The third-order valence-electron chi connectivity index (χ3n) is 2.88. The molecule has 0 nitrogen and oxygen atoms in total. The molecule has 0 aromatic carbocycles. The fourth-order valence-electron chi connectivity index (χ4n) is 1.68. The Kier molecular flexibility index (Phi) is 13.7. The third kappa shape index (κ3) is 15.5. The van der Waals surface area contributed by atoms with E-state index in [1.165, 1.54) is 0 Å². The van der Waals surface area contributed by atoms with Crippen molar-refractivity contribution < 1.29 is 0 Å². The van der Waals surface area contributed by atoms with Gasteiger partial charge in [0.1, 0.15) is 0 Å². The zero-order valence-corrected chi connectivity index (χ0v) is 14.6. The van der Waals surface area contributed by atoms with Gasteiger partial charge in [-0.3, -0.25) is 0 Å². The summed E-state index contributed by atoms with van der Waals surface area (Å²) in [5.74, 6) is 0. The van der Waals surface area contributed by atoms with Crippen LogP contribution >= 0.6 is 0 Å². The van der Waals surface area contributed by atoms with Gasteiger partial charge in [0.05, 0.1) is 0 Å². The first kappa shape index (κ1) is 19.9. The van der Waals surface area contributed by atoms with E-state index < -0.39 is 0 Å². The molecule has 0 atom stereocenters. The second-order valence-electron chi connectivity index (χ2n) is 4.94. The molecule has 1 aliphatic carbocycles. The summed E-state index contributed by atoms with van der Waals surface area (Å²) in [4.78, 5) is 0. The smallest absolute Gasteiger partial charge is 0.0163 e. The summed E-state index contributed by atoms with van der Waals surface area (Å²) >= 11 is 0. The highest BCUT2D eigenvalue weighted by atomic mass is 13.8. The SMILES string of the molecule is C1=CC=CC=CC=CC=CC=CCC=CC=CC=CC=CC=CC=C1. The van der Waals surface area contributed by atoms with Gasteiger partial charge in [0, 0.05) is 0 Å². The highest BCUT2D eigenvalue weighted by Crippen LogP contribution is 1.91. The van der Waals surface area contributed by atoms with E-state index in [1.807, 2.05) is 122 Å². The lowest BCUT2D eigenvalue weighted by Crippen LogP contribution is -1.58. The van der Waals surface area contributed by atoms with Crippen LogP contribution in [0.1, 0.15) is 6.42 Å². The molecule has 0 saturated heterocycles. The average Bonchev–Trinajstić information content (AvgIpc) is 2.62. The second kappa shape index (κ2) is 17.2. The maximum atomic E-state index is 2.12. The minimum absolute atomic E-state index is 0.929. The van der Waals surface area contributed by atoms with Crippen LogP contribution in [0.15, 0.2) is 146 Å². The summed E-state index contributed by atoms with van der Waals surface area (Å²) in [5, 5.41) is 0. The van der Waals surface area contributed by atoms with Crippen molar-refractivity contribution >= 4 is 0 Å². The van der Waals surface area contributed by atoms with Gasteiger partial charge in [0.25, 0.3) is 0 Å². The van der Waals surface area contributed by atoms with Crippen LogP contribution in [0.3, 0.4) is 0 Å². The van der Waals surface area contributed by atoms with Gasteiger partial charge in [-0.05, 0) is 6.42 Å². The molecule has 0 unspecified atom stereocenters. The molecule has 0 bridgehead atoms. The van der Waals surface area contributed by atoms with Crippen molar-refractivity contribution in [3.05, 3.63) is 146 Å². The molecule has 0 aliphatic heterocycles. The average molecular weight is 326 g/mol. The number of hydrogen-bond acceptors (Lipinski definition) is 0. The van der Waals surface area contributed by atoms with Gasteiger partial charge >= 0.3 is 0 Å². The zero-order valence-electron chi connectivity index (χ0n) is 14.6. The number of rotatable bonds is 0. The van der Waals surface area contributed by atoms with Crippen LogP contribution < -0.4 is 0 Å². The highest BCUT2D eigenvalue weighted by molar-refractivity contribution is 5.23. The van der Waals surface area contributed by atoms with Crippen LogP contribution in [0, 0.1) is 0 Å². The Morgan fingerprint density at radius 2 is 0.360 bits per heavy atom. The summed E-state index contributed by atoms with van der Waals surface area (Å²) in [6, 6.07) is 0. The van der Waals surface area contributed by atoms with Crippen molar-refractivity contribution in [3.8, 4) is 0 Å². The zero-order chi connectivity index (χ0) is 17.7. The first-order chi connectivity index (χ1) is 12.5. The van der Waals surface area contributed by atoms with Crippen molar-refractivity contribution in [2.45, 2.75) is 6.42 Å². The third-order valence-corrected chi connectivity index (χ3v) is 2.88. The molecule has 0 fully saturated rings. The second-order valence-corrected chi connectivity index (χ2v) is 4.94. The van der Waals surface area contributed by atoms with Crippen LogP contribution in [-0.4, -0.2) is 0 Å². The Hall–Kier alpha value is -3.12. The number of allylic oxidation sites excluding steroid dienone is 24. The molecule has 25 heavy (non-hydrogen) atoms. The van der Waals surface area contributed by atoms with Gasteiger partial charge in [0.2, 0.25) is 0 Å². The van der Waals surface area contributed by atoms with E-state index in [2.05, 4.69) is 24.3 Å². The Morgan fingerprint density at radius 3 is 0.560 bits per heavy atom. The van der Waals surface area contributed by atoms with E-state index in [9.17, 15) is 0 Å². The van der Waals surface area contributed by atoms with E-state index in [1.54, 1.807) is 0 Å². The van der Waals surface area contributed by atoms with Crippen LogP contribution in [0.5, 0.6) is 0 Å². The molecule has 0 aromatic heterocycles. The molecule has 0 aromatic rings. The molecule has 0 N–H and O–H groups in total. The molecule has 126 valence electrons. The molecule has 0 heterocycles. The Morgan fingerprint density at radius 1 is 0.200 bits per heavy atom. The van der Waals surface area contributed by atoms with Gasteiger partial charge in [-0.15, -0.1) is 0 Å². The fraction of sp³-hybridized carbons (Fsp3) is 0.0400. The lowest BCUT2D eigenvalue weighted by atomic mass is 10.3. The first-order valence-corrected chi connectivity index (χ1v) is 8.48. The van der Waals surface area contributed by atoms with Crippen molar-refractivity contribution in [1.29, 1.82) is 0 Å². The van der Waals surface area contributed by atoms with Gasteiger partial charge in [-0.1, -0.05) is 146 Å². The molecular weight excluding hydrogens is 300 g/mol. The monoisotopic (exact) mass is 326 g/mol. The minimum atomic E-state index is 0.929. The van der Waals surface area contributed by atoms with Crippen molar-refractivity contribution in [2.24, 2.45) is 0 Å². The highest BCUT2D eigenvalue weighted by Gasteiger charge is 1.69. The predicted octanol–water partition coefficient (Wildman–Crippen LogP) is 7.06. The Balaban J connectivity index is 2.64. The molecule has 1 aliphatic rings. The van der Waals surface area contributed by atoms with Crippen LogP contribution in [0.4, 0.5) is 0 Å². The standard InChI is InChI=1S/C25H26/c1-2-4-6-8-10-12-14-16-18-20-22-24-25-23-21-19-17-15-13-11-9-7-5-3-1/h1-24H,25H2. The molecular formula is C25H26. The summed E-state index contributed by atoms with van der Waals surface area (Å²) in [7, 11) is 0. The molecule has 0 radical (unpaired) electrons. The van der Waals surface area contributed by atoms with Gasteiger partial charge in [0.15, 0.2) is 0 Å². The minimum Gasteiger partial charge on any atom is -0.0807 e. The quantitative estimate of drug-likeness (QED) is 0.447. The first-order valence-electron chi connectivity index (χ1n) is 8.48. The molecule has 0 spiro atoms. The summed E-state index contributed by atoms with van der Waals surface area (Å²) in [6.45, 7) is 0. The fourth-order valence-corrected chi connectivity index (χ4v) is 1.68. The molecule has 0 saturated carbocycles. The van der Waals surface area contributed by atoms with Crippen molar-refractivity contribution in [1.82, 2.24) is 0 Å². The van der Waals surface area contributed by atoms with Gasteiger partial charge in [-0.2, -0.15) is 0 Å². The predicted molar refractivity (Wildman–Crippen MR) is 114 cm³/mol. The largest absolute Gasteiger partial charge is 0.0807 e. The number of hydrogen-bond donors (Lipinski definition) is 0.